The Kier molecular flexibility index (Phi) is 5.37. The van der Waals surface area contributed by atoms with E-state index in [2.05, 4.69) is 15.3 Å². The van der Waals surface area contributed by atoms with Gasteiger partial charge in [0.15, 0.2) is 0 Å². The number of nitrogens with zero attached hydrogens (tertiary/aromatic N) is 4. The number of carbonyl (C=O) groups is 2. The van der Waals surface area contributed by atoms with Gasteiger partial charge in [0.25, 0.3) is 5.91 Å². The molecule has 0 unspecified atom stereocenters. The molecule has 136 valence electrons. The Morgan fingerprint density at radius 2 is 2.15 bits per heavy atom. The SMILES string of the molecule is CC(C)N1CCN(c2cnc(CNC(=O)c3cccnc3)c(Cl)c2)C1=O. The number of aromatic nitrogens is 2. The molecule has 7 nitrogen and oxygen atoms in total. The summed E-state index contributed by atoms with van der Waals surface area (Å²) in [7, 11) is 0. The van der Waals surface area contributed by atoms with Gasteiger partial charge >= 0.3 is 6.03 Å². The molecule has 3 rings (SSSR count). The Morgan fingerprint density at radius 3 is 2.77 bits per heavy atom. The molecule has 0 aliphatic carbocycles. The smallest absolute Gasteiger partial charge is 0.324 e. The van der Waals surface area contributed by atoms with Crippen LogP contribution in [0.25, 0.3) is 0 Å². The van der Waals surface area contributed by atoms with Gasteiger partial charge in [0, 0.05) is 31.5 Å². The van der Waals surface area contributed by atoms with Crippen molar-refractivity contribution in [2.24, 2.45) is 0 Å². The van der Waals surface area contributed by atoms with Crippen LogP contribution in [0.3, 0.4) is 0 Å². The third kappa shape index (κ3) is 3.77. The van der Waals surface area contributed by atoms with Crippen LogP contribution in [0, 0.1) is 0 Å². The van der Waals surface area contributed by atoms with E-state index in [-0.39, 0.29) is 24.5 Å². The van der Waals surface area contributed by atoms with Gasteiger partial charge in [-0.3, -0.25) is 19.7 Å². The molecule has 26 heavy (non-hydrogen) atoms. The van der Waals surface area contributed by atoms with Crippen molar-refractivity contribution in [3.05, 3.63) is 53.1 Å². The molecule has 3 heterocycles. The summed E-state index contributed by atoms with van der Waals surface area (Å²) in [5.41, 5.74) is 1.67. The lowest BCUT2D eigenvalue weighted by molar-refractivity contribution is 0.0950. The molecular formula is C18H20ClN5O2. The van der Waals surface area contributed by atoms with Gasteiger partial charge in [-0.2, -0.15) is 0 Å². The lowest BCUT2D eigenvalue weighted by Gasteiger charge is -2.21. The van der Waals surface area contributed by atoms with Crippen molar-refractivity contribution in [1.82, 2.24) is 20.2 Å². The highest BCUT2D eigenvalue weighted by atomic mass is 35.5. The number of anilines is 1. The molecule has 3 amide bonds. The Balaban J connectivity index is 1.67. The fourth-order valence-electron chi connectivity index (χ4n) is 2.77. The largest absolute Gasteiger partial charge is 0.346 e. The summed E-state index contributed by atoms with van der Waals surface area (Å²) in [6.07, 6.45) is 4.71. The van der Waals surface area contributed by atoms with Crippen LogP contribution in [0.5, 0.6) is 0 Å². The predicted octanol–water partition coefficient (Wildman–Crippen LogP) is 2.71. The minimum Gasteiger partial charge on any atom is -0.346 e. The van der Waals surface area contributed by atoms with Gasteiger partial charge in [-0.1, -0.05) is 11.6 Å². The molecule has 0 radical (unpaired) electrons. The van der Waals surface area contributed by atoms with Crippen molar-refractivity contribution in [3.8, 4) is 0 Å². The zero-order valence-electron chi connectivity index (χ0n) is 14.6. The molecular weight excluding hydrogens is 354 g/mol. The number of carbonyl (C=O) groups excluding carboxylic acids is 2. The summed E-state index contributed by atoms with van der Waals surface area (Å²) in [6, 6.07) is 5.19. The van der Waals surface area contributed by atoms with Gasteiger partial charge in [-0.15, -0.1) is 0 Å². The van der Waals surface area contributed by atoms with E-state index in [4.69, 9.17) is 11.6 Å². The average Bonchev–Trinajstić information content (AvgIpc) is 3.03. The molecule has 1 N–H and O–H groups in total. The van der Waals surface area contributed by atoms with E-state index >= 15 is 0 Å². The second kappa shape index (κ2) is 7.70. The van der Waals surface area contributed by atoms with Gasteiger partial charge in [0.1, 0.15) is 0 Å². The van der Waals surface area contributed by atoms with E-state index in [1.165, 1.54) is 6.20 Å². The zero-order valence-corrected chi connectivity index (χ0v) is 15.4. The van der Waals surface area contributed by atoms with Crippen LogP contribution in [0.15, 0.2) is 36.8 Å². The van der Waals surface area contributed by atoms with E-state index in [1.807, 2.05) is 13.8 Å². The molecule has 2 aromatic rings. The molecule has 1 fully saturated rings. The Bertz CT molecular complexity index is 812. The van der Waals surface area contributed by atoms with Crippen LogP contribution < -0.4 is 10.2 Å². The van der Waals surface area contributed by atoms with E-state index in [0.717, 1.165) is 0 Å². The second-order valence-corrected chi connectivity index (χ2v) is 6.67. The van der Waals surface area contributed by atoms with Gasteiger partial charge in [-0.05, 0) is 32.0 Å². The van der Waals surface area contributed by atoms with Gasteiger partial charge in [0.2, 0.25) is 0 Å². The first-order valence-electron chi connectivity index (χ1n) is 8.38. The Labute approximate surface area is 157 Å². The number of amides is 3. The van der Waals surface area contributed by atoms with Crippen LogP contribution in [0.4, 0.5) is 10.5 Å². The number of halogens is 1. The molecule has 0 spiro atoms. The second-order valence-electron chi connectivity index (χ2n) is 6.27. The highest BCUT2D eigenvalue weighted by Gasteiger charge is 2.31. The molecule has 8 heteroatoms. The minimum absolute atomic E-state index is 0.0458. The van der Waals surface area contributed by atoms with Crippen molar-refractivity contribution in [2.75, 3.05) is 18.0 Å². The molecule has 0 saturated carbocycles. The molecule has 0 aromatic carbocycles. The lowest BCUT2D eigenvalue weighted by Crippen LogP contribution is -2.36. The maximum absolute atomic E-state index is 12.4. The first kappa shape index (κ1) is 18.1. The average molecular weight is 374 g/mol. The van der Waals surface area contributed by atoms with E-state index in [0.29, 0.717) is 35.1 Å². The van der Waals surface area contributed by atoms with Crippen molar-refractivity contribution in [2.45, 2.75) is 26.4 Å². The van der Waals surface area contributed by atoms with Crippen molar-refractivity contribution >= 4 is 29.2 Å². The highest BCUT2D eigenvalue weighted by molar-refractivity contribution is 6.31. The standard InChI is InChI=1S/C18H20ClN5O2/c1-12(2)23-6-7-24(18(23)26)14-8-15(19)16(21-10-14)11-22-17(25)13-4-3-5-20-9-13/h3-5,8-10,12H,6-7,11H2,1-2H3,(H,22,25). The number of hydrogen-bond acceptors (Lipinski definition) is 4. The van der Waals surface area contributed by atoms with E-state index in [9.17, 15) is 9.59 Å². The number of urea groups is 1. The fraction of sp³-hybridized carbons (Fsp3) is 0.333. The van der Waals surface area contributed by atoms with E-state index < -0.39 is 0 Å². The maximum Gasteiger partial charge on any atom is 0.324 e. The summed E-state index contributed by atoms with van der Waals surface area (Å²) in [4.78, 5) is 36.2. The summed E-state index contributed by atoms with van der Waals surface area (Å²) >= 11 is 6.31. The summed E-state index contributed by atoms with van der Waals surface area (Å²) in [6.45, 7) is 5.45. The highest BCUT2D eigenvalue weighted by Crippen LogP contribution is 2.25. The van der Waals surface area contributed by atoms with Gasteiger partial charge < -0.3 is 10.2 Å². The number of pyridine rings is 2. The van der Waals surface area contributed by atoms with Crippen LogP contribution in [-0.4, -0.2) is 45.9 Å². The number of rotatable bonds is 5. The molecule has 1 saturated heterocycles. The molecule has 0 atom stereocenters. The van der Waals surface area contributed by atoms with Crippen LogP contribution in [0.1, 0.15) is 29.9 Å². The number of nitrogens with one attached hydrogen (secondary N) is 1. The first-order chi connectivity index (χ1) is 12.5. The molecule has 0 bridgehead atoms. The first-order valence-corrected chi connectivity index (χ1v) is 8.76. The summed E-state index contributed by atoms with van der Waals surface area (Å²) in [5.74, 6) is -0.248. The van der Waals surface area contributed by atoms with Crippen LogP contribution >= 0.6 is 11.6 Å². The zero-order chi connectivity index (χ0) is 18.7. The van der Waals surface area contributed by atoms with Crippen molar-refractivity contribution in [3.63, 3.8) is 0 Å². The lowest BCUT2D eigenvalue weighted by atomic mass is 10.2. The topological polar surface area (TPSA) is 78.4 Å². The van der Waals surface area contributed by atoms with E-state index in [1.54, 1.807) is 40.4 Å². The maximum atomic E-state index is 12.4. The van der Waals surface area contributed by atoms with Gasteiger partial charge in [0.05, 0.1) is 34.7 Å². The number of hydrogen-bond donors (Lipinski definition) is 1. The summed E-state index contributed by atoms with van der Waals surface area (Å²) in [5, 5.41) is 3.17. The Hall–Kier alpha value is -2.67. The van der Waals surface area contributed by atoms with Gasteiger partial charge in [-0.25, -0.2) is 4.79 Å². The quantitative estimate of drug-likeness (QED) is 0.874. The third-order valence-corrected chi connectivity index (χ3v) is 4.55. The molecule has 1 aliphatic rings. The molecule has 1 aliphatic heterocycles. The van der Waals surface area contributed by atoms with Crippen molar-refractivity contribution in [1.29, 1.82) is 0 Å². The minimum atomic E-state index is -0.248. The fourth-order valence-corrected chi connectivity index (χ4v) is 3.00. The predicted molar refractivity (Wildman–Crippen MR) is 99.2 cm³/mol. The van der Waals surface area contributed by atoms with Crippen molar-refractivity contribution < 1.29 is 9.59 Å². The normalized spacial score (nSPS) is 14.2. The third-order valence-electron chi connectivity index (χ3n) is 4.22. The molecule has 2 aromatic heterocycles. The van der Waals surface area contributed by atoms with Crippen LogP contribution in [-0.2, 0) is 6.54 Å². The summed E-state index contributed by atoms with van der Waals surface area (Å²) < 4.78 is 0. The monoisotopic (exact) mass is 373 g/mol. The Morgan fingerprint density at radius 1 is 1.35 bits per heavy atom. The van der Waals surface area contributed by atoms with Crippen LogP contribution in [0.2, 0.25) is 5.02 Å².